The molecule has 1 saturated heterocycles. The third-order valence-corrected chi connectivity index (χ3v) is 5.21. The standard InChI is InChI=1S/C19H26N2O2/c22-18-19(23)21(12-11-15-7-3-1-4-8-15)17(14-20-18)13-16-9-5-2-6-10-16/h2,5-6,9-10,15,17H,1,3-4,7-8,11-14H2,(H,20,22)/t17-/m0/s1. The van der Waals surface area contributed by atoms with Gasteiger partial charge in [0.25, 0.3) is 0 Å². The van der Waals surface area contributed by atoms with E-state index in [2.05, 4.69) is 17.4 Å². The summed E-state index contributed by atoms with van der Waals surface area (Å²) < 4.78 is 0. The summed E-state index contributed by atoms with van der Waals surface area (Å²) in [6.07, 6.45) is 8.36. The molecule has 3 rings (SSSR count). The number of piperazine rings is 1. The van der Waals surface area contributed by atoms with Gasteiger partial charge in [-0.1, -0.05) is 62.4 Å². The minimum Gasteiger partial charge on any atom is -0.346 e. The van der Waals surface area contributed by atoms with Crippen LogP contribution in [0.5, 0.6) is 0 Å². The summed E-state index contributed by atoms with van der Waals surface area (Å²) >= 11 is 0. The molecule has 4 nitrogen and oxygen atoms in total. The van der Waals surface area contributed by atoms with Gasteiger partial charge in [0, 0.05) is 13.1 Å². The summed E-state index contributed by atoms with van der Waals surface area (Å²) in [4.78, 5) is 25.9. The van der Waals surface area contributed by atoms with Crippen molar-refractivity contribution in [2.75, 3.05) is 13.1 Å². The first-order valence-electron chi connectivity index (χ1n) is 8.87. The van der Waals surface area contributed by atoms with E-state index in [1.54, 1.807) is 0 Å². The summed E-state index contributed by atoms with van der Waals surface area (Å²) in [5, 5.41) is 2.74. The van der Waals surface area contributed by atoms with Crippen LogP contribution in [0.25, 0.3) is 0 Å². The monoisotopic (exact) mass is 314 g/mol. The van der Waals surface area contributed by atoms with Gasteiger partial charge in [0.2, 0.25) is 0 Å². The van der Waals surface area contributed by atoms with Gasteiger partial charge in [0.1, 0.15) is 0 Å². The topological polar surface area (TPSA) is 49.4 Å². The molecule has 23 heavy (non-hydrogen) atoms. The molecule has 1 aromatic carbocycles. The van der Waals surface area contributed by atoms with Crippen molar-refractivity contribution in [3.8, 4) is 0 Å². The van der Waals surface area contributed by atoms with Crippen LogP contribution in [0.3, 0.4) is 0 Å². The van der Waals surface area contributed by atoms with Crippen LogP contribution in [0, 0.1) is 5.92 Å². The second-order valence-electron chi connectivity index (χ2n) is 6.84. The Morgan fingerprint density at radius 1 is 1.04 bits per heavy atom. The molecule has 0 aromatic heterocycles. The van der Waals surface area contributed by atoms with E-state index in [-0.39, 0.29) is 11.9 Å². The minimum absolute atomic E-state index is 0.0752. The maximum absolute atomic E-state index is 12.3. The summed E-state index contributed by atoms with van der Waals surface area (Å²) in [6.45, 7) is 1.28. The van der Waals surface area contributed by atoms with Crippen LogP contribution < -0.4 is 5.32 Å². The van der Waals surface area contributed by atoms with Crippen LogP contribution in [-0.2, 0) is 16.0 Å². The second kappa shape index (κ2) is 7.62. The van der Waals surface area contributed by atoms with Crippen molar-refractivity contribution in [3.63, 3.8) is 0 Å². The Hall–Kier alpha value is -1.84. The van der Waals surface area contributed by atoms with E-state index >= 15 is 0 Å². The molecule has 1 atom stereocenters. The number of hydrogen-bond acceptors (Lipinski definition) is 2. The number of hydrogen-bond donors (Lipinski definition) is 1. The van der Waals surface area contributed by atoms with E-state index in [0.29, 0.717) is 13.1 Å². The number of carbonyl (C=O) groups excluding carboxylic acids is 2. The van der Waals surface area contributed by atoms with Crippen LogP contribution in [0.2, 0.25) is 0 Å². The summed E-state index contributed by atoms with van der Waals surface area (Å²) in [5.74, 6) is -0.0788. The third-order valence-electron chi connectivity index (χ3n) is 5.21. The SMILES string of the molecule is O=C1NC[C@H](Cc2ccccc2)N(CCC2CCCCC2)C1=O. The first-order chi connectivity index (χ1) is 11.2. The molecule has 1 heterocycles. The second-order valence-corrected chi connectivity index (χ2v) is 6.84. The van der Waals surface area contributed by atoms with E-state index < -0.39 is 5.91 Å². The van der Waals surface area contributed by atoms with Crippen molar-refractivity contribution in [1.82, 2.24) is 10.2 Å². The van der Waals surface area contributed by atoms with Gasteiger partial charge in [-0.15, -0.1) is 0 Å². The predicted octanol–water partition coefficient (Wildman–Crippen LogP) is 2.53. The molecule has 2 amide bonds. The Balaban J connectivity index is 1.63. The lowest BCUT2D eigenvalue weighted by Crippen LogP contribution is -2.59. The molecule has 0 radical (unpaired) electrons. The average molecular weight is 314 g/mol. The highest BCUT2D eigenvalue weighted by molar-refractivity contribution is 6.35. The molecule has 4 heteroatoms. The predicted molar refractivity (Wildman–Crippen MR) is 89.8 cm³/mol. The molecule has 1 saturated carbocycles. The number of nitrogens with zero attached hydrogens (tertiary/aromatic N) is 1. The lowest BCUT2D eigenvalue weighted by atomic mass is 9.86. The van der Waals surface area contributed by atoms with Gasteiger partial charge in [0.05, 0.1) is 6.04 Å². The minimum atomic E-state index is -0.446. The van der Waals surface area contributed by atoms with E-state index in [4.69, 9.17) is 0 Å². The number of rotatable bonds is 5. The van der Waals surface area contributed by atoms with E-state index in [1.807, 2.05) is 23.1 Å². The van der Waals surface area contributed by atoms with E-state index in [0.717, 1.165) is 18.8 Å². The Bertz CT molecular complexity index is 538. The molecule has 0 spiro atoms. The first kappa shape index (κ1) is 16.0. The van der Waals surface area contributed by atoms with Gasteiger partial charge < -0.3 is 10.2 Å². The zero-order valence-electron chi connectivity index (χ0n) is 13.7. The Morgan fingerprint density at radius 2 is 1.78 bits per heavy atom. The molecule has 2 fully saturated rings. The van der Waals surface area contributed by atoms with Crippen molar-refractivity contribution < 1.29 is 9.59 Å². The molecule has 1 aliphatic carbocycles. The number of benzene rings is 1. The van der Waals surface area contributed by atoms with Crippen molar-refractivity contribution in [3.05, 3.63) is 35.9 Å². The number of nitrogens with one attached hydrogen (secondary N) is 1. The zero-order chi connectivity index (χ0) is 16.1. The fraction of sp³-hybridized carbons (Fsp3) is 0.579. The van der Waals surface area contributed by atoms with Crippen molar-refractivity contribution in [2.45, 2.75) is 51.0 Å². The van der Waals surface area contributed by atoms with Gasteiger partial charge in [0.15, 0.2) is 0 Å². The molecular weight excluding hydrogens is 288 g/mol. The normalized spacial score (nSPS) is 23.0. The fourth-order valence-electron chi connectivity index (χ4n) is 3.84. The van der Waals surface area contributed by atoms with Crippen LogP contribution in [0.4, 0.5) is 0 Å². The maximum atomic E-state index is 12.3. The Morgan fingerprint density at radius 3 is 2.52 bits per heavy atom. The molecule has 1 aromatic rings. The highest BCUT2D eigenvalue weighted by Crippen LogP contribution is 2.27. The van der Waals surface area contributed by atoms with Gasteiger partial charge in [-0.05, 0) is 24.3 Å². The quantitative estimate of drug-likeness (QED) is 0.849. The molecule has 124 valence electrons. The summed E-state index contributed by atoms with van der Waals surface area (Å²) in [5.41, 5.74) is 1.21. The Labute approximate surface area is 138 Å². The summed E-state index contributed by atoms with van der Waals surface area (Å²) in [7, 11) is 0. The van der Waals surface area contributed by atoms with Gasteiger partial charge in [-0.3, -0.25) is 9.59 Å². The number of carbonyl (C=O) groups is 2. The largest absolute Gasteiger partial charge is 0.346 e. The fourth-order valence-corrected chi connectivity index (χ4v) is 3.84. The average Bonchev–Trinajstić information content (AvgIpc) is 2.60. The van der Waals surface area contributed by atoms with Crippen LogP contribution >= 0.6 is 0 Å². The first-order valence-corrected chi connectivity index (χ1v) is 8.87. The van der Waals surface area contributed by atoms with Crippen LogP contribution in [-0.4, -0.2) is 35.8 Å². The molecule has 2 aliphatic rings. The lowest BCUT2D eigenvalue weighted by Gasteiger charge is -2.36. The van der Waals surface area contributed by atoms with Crippen molar-refractivity contribution >= 4 is 11.8 Å². The van der Waals surface area contributed by atoms with E-state index in [9.17, 15) is 9.59 Å². The Kier molecular flexibility index (Phi) is 5.31. The number of amides is 2. The lowest BCUT2D eigenvalue weighted by molar-refractivity contribution is -0.150. The highest BCUT2D eigenvalue weighted by atomic mass is 16.2. The van der Waals surface area contributed by atoms with Crippen molar-refractivity contribution in [2.24, 2.45) is 5.92 Å². The molecule has 1 aliphatic heterocycles. The van der Waals surface area contributed by atoms with Crippen LogP contribution in [0.15, 0.2) is 30.3 Å². The smallest absolute Gasteiger partial charge is 0.312 e. The van der Waals surface area contributed by atoms with Gasteiger partial charge >= 0.3 is 11.8 Å². The zero-order valence-corrected chi connectivity index (χ0v) is 13.7. The molecular formula is C19H26N2O2. The van der Waals surface area contributed by atoms with Gasteiger partial charge in [-0.25, -0.2) is 0 Å². The van der Waals surface area contributed by atoms with E-state index in [1.165, 1.54) is 37.7 Å². The molecule has 1 N–H and O–H groups in total. The summed E-state index contributed by atoms with van der Waals surface area (Å²) in [6, 6.07) is 10.3. The van der Waals surface area contributed by atoms with Gasteiger partial charge in [-0.2, -0.15) is 0 Å². The maximum Gasteiger partial charge on any atom is 0.312 e. The highest BCUT2D eigenvalue weighted by Gasteiger charge is 2.34. The molecule has 0 unspecified atom stereocenters. The van der Waals surface area contributed by atoms with Crippen molar-refractivity contribution in [1.29, 1.82) is 0 Å². The third kappa shape index (κ3) is 4.12. The van der Waals surface area contributed by atoms with Crippen LogP contribution in [0.1, 0.15) is 44.1 Å². The molecule has 0 bridgehead atoms.